The van der Waals surface area contributed by atoms with Crippen LogP contribution in [0.3, 0.4) is 0 Å². The smallest absolute Gasteiger partial charge is 0.276 e. The van der Waals surface area contributed by atoms with E-state index in [-0.39, 0.29) is 11.8 Å². The number of benzene rings is 1. The highest BCUT2D eigenvalue weighted by molar-refractivity contribution is 5.95. The Morgan fingerprint density at radius 2 is 2.04 bits per heavy atom. The van der Waals surface area contributed by atoms with Crippen molar-refractivity contribution in [1.29, 1.82) is 0 Å². The fourth-order valence-electron chi connectivity index (χ4n) is 3.18. The summed E-state index contributed by atoms with van der Waals surface area (Å²) in [6.07, 6.45) is 2.55. The van der Waals surface area contributed by atoms with Crippen LogP contribution in [-0.2, 0) is 0 Å². The summed E-state index contributed by atoms with van der Waals surface area (Å²) in [6.45, 7) is 3.79. The summed E-state index contributed by atoms with van der Waals surface area (Å²) >= 11 is 0. The molecule has 1 aliphatic heterocycles. The normalized spacial score (nSPS) is 16.9. The molecule has 1 fully saturated rings. The number of aromatic nitrogens is 1. The van der Waals surface area contributed by atoms with Crippen molar-refractivity contribution >= 4 is 5.91 Å². The Kier molecular flexibility index (Phi) is 4.99. The van der Waals surface area contributed by atoms with E-state index in [1.807, 2.05) is 30.0 Å². The van der Waals surface area contributed by atoms with E-state index in [1.54, 1.807) is 25.4 Å². The summed E-state index contributed by atoms with van der Waals surface area (Å²) < 4.78 is 11.0. The van der Waals surface area contributed by atoms with Crippen LogP contribution in [0.1, 0.15) is 35.3 Å². The van der Waals surface area contributed by atoms with Crippen LogP contribution < -0.4 is 9.47 Å². The first-order valence-corrected chi connectivity index (χ1v) is 8.24. The Morgan fingerprint density at radius 3 is 2.83 bits per heavy atom. The van der Waals surface area contributed by atoms with Gasteiger partial charge in [-0.1, -0.05) is 18.2 Å². The second kappa shape index (κ2) is 7.34. The predicted molar refractivity (Wildman–Crippen MR) is 91.7 cm³/mol. The summed E-state index contributed by atoms with van der Waals surface area (Å²) in [5.74, 6) is 1.64. The molecule has 0 bridgehead atoms. The van der Waals surface area contributed by atoms with E-state index < -0.39 is 0 Å². The number of methoxy groups -OCH3 is 1. The van der Waals surface area contributed by atoms with Crippen LogP contribution >= 0.6 is 0 Å². The second-order valence-corrected chi connectivity index (χ2v) is 5.76. The van der Waals surface area contributed by atoms with Crippen LogP contribution in [0, 0.1) is 0 Å². The first-order chi connectivity index (χ1) is 11.7. The Balaban J connectivity index is 1.77. The lowest BCUT2D eigenvalue weighted by Gasteiger charge is -2.18. The van der Waals surface area contributed by atoms with Crippen molar-refractivity contribution in [3.05, 3.63) is 53.9 Å². The minimum Gasteiger partial charge on any atom is -0.496 e. The van der Waals surface area contributed by atoms with Crippen molar-refractivity contribution in [3.63, 3.8) is 0 Å². The molecule has 0 aliphatic carbocycles. The van der Waals surface area contributed by atoms with Crippen LogP contribution in [0.4, 0.5) is 0 Å². The van der Waals surface area contributed by atoms with Gasteiger partial charge in [0.15, 0.2) is 11.4 Å². The predicted octanol–water partition coefficient (Wildman–Crippen LogP) is 3.12. The number of carbonyl (C=O) groups excluding carboxylic acids is 1. The molecule has 2 aromatic rings. The van der Waals surface area contributed by atoms with Gasteiger partial charge in [0.25, 0.3) is 5.91 Å². The lowest BCUT2D eigenvalue weighted by atomic mass is 9.97. The maximum atomic E-state index is 12.8. The Morgan fingerprint density at radius 1 is 1.25 bits per heavy atom. The van der Waals surface area contributed by atoms with Crippen molar-refractivity contribution in [2.75, 3.05) is 26.8 Å². The maximum absolute atomic E-state index is 12.8. The monoisotopic (exact) mass is 326 g/mol. The molecule has 1 aromatic heterocycles. The van der Waals surface area contributed by atoms with E-state index in [0.717, 1.165) is 17.7 Å². The zero-order chi connectivity index (χ0) is 16.9. The minimum atomic E-state index is -0.0727. The quantitative estimate of drug-likeness (QED) is 0.847. The first kappa shape index (κ1) is 16.3. The molecule has 3 rings (SSSR count). The van der Waals surface area contributed by atoms with Gasteiger partial charge in [-0.2, -0.15) is 0 Å². The fourth-order valence-corrected chi connectivity index (χ4v) is 3.18. The van der Waals surface area contributed by atoms with E-state index in [9.17, 15) is 4.79 Å². The third-order valence-corrected chi connectivity index (χ3v) is 4.33. The molecule has 1 aromatic carbocycles. The second-order valence-electron chi connectivity index (χ2n) is 5.76. The highest BCUT2D eigenvalue weighted by atomic mass is 16.5. The van der Waals surface area contributed by atoms with Gasteiger partial charge < -0.3 is 14.4 Å². The molecule has 0 saturated carbocycles. The summed E-state index contributed by atoms with van der Waals surface area (Å²) in [7, 11) is 1.68. The van der Waals surface area contributed by atoms with Gasteiger partial charge >= 0.3 is 0 Å². The van der Waals surface area contributed by atoms with Gasteiger partial charge in [0.1, 0.15) is 5.75 Å². The van der Waals surface area contributed by atoms with E-state index in [0.29, 0.717) is 31.1 Å². The van der Waals surface area contributed by atoms with E-state index in [1.165, 1.54) is 0 Å². The number of hydrogen-bond donors (Lipinski definition) is 0. The maximum Gasteiger partial charge on any atom is 0.276 e. The topological polar surface area (TPSA) is 51.7 Å². The first-order valence-electron chi connectivity index (χ1n) is 8.24. The Labute approximate surface area is 142 Å². The average Bonchev–Trinajstić information content (AvgIpc) is 3.12. The number of para-hydroxylation sites is 1. The highest BCUT2D eigenvalue weighted by Gasteiger charge is 2.31. The lowest BCUT2D eigenvalue weighted by Crippen LogP contribution is -2.29. The average molecular weight is 326 g/mol. The van der Waals surface area contributed by atoms with Gasteiger partial charge in [-0.05, 0) is 37.1 Å². The number of pyridine rings is 1. The number of ether oxygens (including phenoxy) is 2. The number of carbonyl (C=O) groups is 1. The third kappa shape index (κ3) is 3.20. The van der Waals surface area contributed by atoms with Crippen LogP contribution in [0.15, 0.2) is 42.6 Å². The number of hydrogen-bond acceptors (Lipinski definition) is 4. The number of rotatable bonds is 5. The molecule has 1 aliphatic rings. The molecule has 1 atom stereocenters. The zero-order valence-corrected chi connectivity index (χ0v) is 14.1. The Hall–Kier alpha value is -2.56. The molecule has 0 spiro atoms. The molecule has 1 amide bonds. The van der Waals surface area contributed by atoms with Crippen molar-refractivity contribution in [2.45, 2.75) is 19.3 Å². The summed E-state index contributed by atoms with van der Waals surface area (Å²) in [5, 5.41) is 0. The number of nitrogens with zero attached hydrogens (tertiary/aromatic N) is 2. The van der Waals surface area contributed by atoms with Crippen molar-refractivity contribution in [2.24, 2.45) is 0 Å². The minimum absolute atomic E-state index is 0.0727. The molecule has 0 radical (unpaired) electrons. The van der Waals surface area contributed by atoms with Crippen LogP contribution in [0.5, 0.6) is 11.5 Å². The Bertz CT molecular complexity index is 717. The number of amides is 1. The summed E-state index contributed by atoms with van der Waals surface area (Å²) in [6, 6.07) is 11.6. The van der Waals surface area contributed by atoms with Gasteiger partial charge in [0.05, 0.1) is 13.7 Å². The van der Waals surface area contributed by atoms with E-state index in [2.05, 4.69) is 11.1 Å². The van der Waals surface area contributed by atoms with Gasteiger partial charge in [0.2, 0.25) is 0 Å². The molecule has 5 heteroatoms. The van der Waals surface area contributed by atoms with Gasteiger partial charge in [0, 0.05) is 25.2 Å². The largest absolute Gasteiger partial charge is 0.496 e. The molecule has 0 unspecified atom stereocenters. The van der Waals surface area contributed by atoms with Crippen LogP contribution in [0.25, 0.3) is 0 Å². The molecule has 1 saturated heterocycles. The van der Waals surface area contributed by atoms with Crippen LogP contribution in [0.2, 0.25) is 0 Å². The third-order valence-electron chi connectivity index (χ3n) is 4.33. The number of likely N-dealkylation sites (tertiary alicyclic amines) is 1. The van der Waals surface area contributed by atoms with Gasteiger partial charge in [-0.15, -0.1) is 0 Å². The molecular formula is C19H22N2O3. The van der Waals surface area contributed by atoms with Crippen molar-refractivity contribution in [3.8, 4) is 11.5 Å². The molecule has 24 heavy (non-hydrogen) atoms. The molecule has 5 nitrogen and oxygen atoms in total. The molecule has 2 heterocycles. The zero-order valence-electron chi connectivity index (χ0n) is 14.1. The summed E-state index contributed by atoms with van der Waals surface area (Å²) in [4.78, 5) is 18.9. The fraction of sp³-hybridized carbons (Fsp3) is 0.368. The van der Waals surface area contributed by atoms with E-state index >= 15 is 0 Å². The molecule has 126 valence electrons. The van der Waals surface area contributed by atoms with Crippen molar-refractivity contribution < 1.29 is 14.3 Å². The molecular weight excluding hydrogens is 304 g/mol. The highest BCUT2D eigenvalue weighted by Crippen LogP contribution is 2.34. The standard InChI is InChI=1S/C19H22N2O3/c1-3-24-17-9-6-11-20-18(17)19(22)21-12-10-14(13-21)15-7-4-5-8-16(15)23-2/h4-9,11,14H,3,10,12-13H2,1-2H3/t14-/m1/s1. The van der Waals surface area contributed by atoms with Crippen LogP contribution in [-0.4, -0.2) is 42.6 Å². The van der Waals surface area contributed by atoms with Crippen molar-refractivity contribution in [1.82, 2.24) is 9.88 Å². The van der Waals surface area contributed by atoms with Gasteiger partial charge in [-0.3, -0.25) is 4.79 Å². The summed E-state index contributed by atoms with van der Waals surface area (Å²) in [5.41, 5.74) is 1.54. The SMILES string of the molecule is CCOc1cccnc1C(=O)N1CC[C@@H](c2ccccc2OC)C1. The molecule has 0 N–H and O–H groups in total. The van der Waals surface area contributed by atoms with E-state index in [4.69, 9.17) is 9.47 Å². The van der Waals surface area contributed by atoms with Gasteiger partial charge in [-0.25, -0.2) is 4.98 Å². The lowest BCUT2D eigenvalue weighted by molar-refractivity contribution is 0.0780.